The largest absolute Gasteiger partial charge is 0.434 e. The molecule has 1 unspecified atom stereocenters. The third-order valence-electron chi connectivity index (χ3n) is 6.83. The minimum absolute atomic E-state index is 0.0385. The van der Waals surface area contributed by atoms with Crippen LogP contribution in [0.2, 0.25) is 0 Å². The Hall–Kier alpha value is -4.94. The zero-order valence-electron chi connectivity index (χ0n) is 20.6. The number of aromatic nitrogens is 5. The summed E-state index contributed by atoms with van der Waals surface area (Å²) in [6.07, 6.45) is -2.68. The van der Waals surface area contributed by atoms with Crippen molar-refractivity contribution in [2.24, 2.45) is 0 Å². The SMILES string of the molecule is CC1(c2ccc(F)cc2)C(=O)Nc2nc(-c3cn4cc(C(F)(F)F)nc4c(Cc4cccc(F)c4)n3)nc(N)c21. The maximum absolute atomic E-state index is 13.8. The van der Waals surface area contributed by atoms with Gasteiger partial charge in [-0.05, 0) is 42.3 Å². The number of carbonyl (C=O) groups is 1. The van der Waals surface area contributed by atoms with Crippen LogP contribution in [0.4, 0.5) is 33.6 Å². The van der Waals surface area contributed by atoms with Crippen molar-refractivity contribution in [3.63, 3.8) is 0 Å². The lowest BCUT2D eigenvalue weighted by molar-refractivity contribution is -0.140. The Bertz CT molecular complexity index is 1820. The van der Waals surface area contributed by atoms with E-state index < -0.39 is 34.8 Å². The molecule has 0 saturated heterocycles. The zero-order chi connectivity index (χ0) is 28.4. The van der Waals surface area contributed by atoms with Crippen LogP contribution in [0.1, 0.15) is 35.0 Å². The number of nitrogens with zero attached hydrogens (tertiary/aromatic N) is 5. The second-order valence-electron chi connectivity index (χ2n) is 9.48. The summed E-state index contributed by atoms with van der Waals surface area (Å²) in [5, 5.41) is 2.67. The number of carbonyl (C=O) groups excluding carboxylic acids is 1. The average Bonchev–Trinajstić information content (AvgIpc) is 3.44. The number of halogens is 5. The van der Waals surface area contributed by atoms with Gasteiger partial charge in [-0.15, -0.1) is 0 Å². The molecule has 1 amide bonds. The van der Waals surface area contributed by atoms with Gasteiger partial charge in [0.15, 0.2) is 17.2 Å². The molecule has 6 rings (SSSR count). The normalized spacial score (nSPS) is 16.8. The van der Waals surface area contributed by atoms with E-state index in [1.165, 1.54) is 48.7 Å². The Morgan fingerprint density at radius 1 is 0.975 bits per heavy atom. The maximum Gasteiger partial charge on any atom is 0.434 e. The molecule has 3 N–H and O–H groups in total. The van der Waals surface area contributed by atoms with Crippen LogP contribution in [-0.2, 0) is 22.8 Å². The fourth-order valence-corrected chi connectivity index (χ4v) is 4.85. The van der Waals surface area contributed by atoms with Gasteiger partial charge < -0.3 is 15.5 Å². The van der Waals surface area contributed by atoms with Gasteiger partial charge in [-0.25, -0.2) is 28.7 Å². The molecule has 13 heteroatoms. The van der Waals surface area contributed by atoms with Crippen LogP contribution in [0.15, 0.2) is 60.9 Å². The van der Waals surface area contributed by atoms with Crippen molar-refractivity contribution >= 4 is 23.2 Å². The second kappa shape index (κ2) is 8.79. The van der Waals surface area contributed by atoms with Crippen molar-refractivity contribution in [2.75, 3.05) is 11.1 Å². The van der Waals surface area contributed by atoms with Crippen LogP contribution in [0.3, 0.4) is 0 Å². The Morgan fingerprint density at radius 2 is 1.73 bits per heavy atom. The minimum atomic E-state index is -4.72. The van der Waals surface area contributed by atoms with Crippen molar-refractivity contribution in [1.29, 1.82) is 0 Å². The monoisotopic (exact) mass is 551 g/mol. The third-order valence-corrected chi connectivity index (χ3v) is 6.83. The lowest BCUT2D eigenvalue weighted by Gasteiger charge is -2.23. The van der Waals surface area contributed by atoms with Gasteiger partial charge >= 0.3 is 6.18 Å². The number of amides is 1. The summed E-state index contributed by atoms with van der Waals surface area (Å²) in [6, 6.07) is 10.9. The van der Waals surface area contributed by atoms with Gasteiger partial charge in [-0.3, -0.25) is 4.79 Å². The number of fused-ring (bicyclic) bond motifs is 2. The van der Waals surface area contributed by atoms with E-state index in [1.807, 2.05) is 0 Å². The molecular weight excluding hydrogens is 533 g/mol. The average molecular weight is 551 g/mol. The number of imidazole rings is 1. The number of benzene rings is 2. The summed E-state index contributed by atoms with van der Waals surface area (Å²) >= 11 is 0. The zero-order valence-corrected chi connectivity index (χ0v) is 20.6. The molecule has 4 heterocycles. The molecule has 2 aromatic carbocycles. The Balaban J connectivity index is 1.50. The van der Waals surface area contributed by atoms with Crippen LogP contribution in [0, 0.1) is 11.6 Å². The smallest absolute Gasteiger partial charge is 0.383 e. The fourth-order valence-electron chi connectivity index (χ4n) is 4.85. The number of nitrogen functional groups attached to an aromatic ring is 1. The molecule has 8 nitrogen and oxygen atoms in total. The van der Waals surface area contributed by atoms with Gasteiger partial charge in [0, 0.05) is 18.8 Å². The van der Waals surface area contributed by atoms with E-state index in [9.17, 15) is 26.7 Å². The van der Waals surface area contributed by atoms with Crippen molar-refractivity contribution in [2.45, 2.75) is 24.9 Å². The number of nitrogens with two attached hydrogens (primary N) is 1. The molecule has 5 aromatic rings. The lowest BCUT2D eigenvalue weighted by atomic mass is 9.78. The number of rotatable bonds is 4. The number of alkyl halides is 3. The lowest BCUT2D eigenvalue weighted by Crippen LogP contribution is -2.33. The van der Waals surface area contributed by atoms with Crippen molar-refractivity contribution < 1.29 is 26.7 Å². The predicted octanol–water partition coefficient (Wildman–Crippen LogP) is 4.91. The maximum atomic E-state index is 13.8. The number of hydrogen-bond donors (Lipinski definition) is 2. The number of anilines is 2. The van der Waals surface area contributed by atoms with Crippen LogP contribution in [0.5, 0.6) is 0 Å². The van der Waals surface area contributed by atoms with Crippen LogP contribution in [0.25, 0.3) is 17.2 Å². The van der Waals surface area contributed by atoms with Gasteiger partial charge in [0.1, 0.15) is 34.4 Å². The Kier molecular flexibility index (Phi) is 5.57. The molecule has 0 radical (unpaired) electrons. The Morgan fingerprint density at radius 3 is 2.42 bits per heavy atom. The van der Waals surface area contributed by atoms with E-state index in [4.69, 9.17) is 5.73 Å². The number of hydrogen-bond acceptors (Lipinski definition) is 6. The van der Waals surface area contributed by atoms with Gasteiger partial charge in [-0.1, -0.05) is 24.3 Å². The molecule has 1 aliphatic heterocycles. The van der Waals surface area contributed by atoms with Crippen molar-refractivity contribution in [1.82, 2.24) is 24.3 Å². The van der Waals surface area contributed by atoms with E-state index in [2.05, 4.69) is 25.3 Å². The first kappa shape index (κ1) is 25.3. The van der Waals surface area contributed by atoms with Gasteiger partial charge in [0.05, 0.1) is 11.3 Å². The summed E-state index contributed by atoms with van der Waals surface area (Å²) < 4.78 is 69.0. The predicted molar refractivity (Wildman–Crippen MR) is 134 cm³/mol. The van der Waals surface area contributed by atoms with Crippen LogP contribution >= 0.6 is 0 Å². The molecule has 0 aliphatic carbocycles. The standard InChI is InChI=1S/C27H18F5N7O/c1-26(14-5-7-15(28)8-6-14)20-21(33)36-22(37-23(20)38-25(26)40)18-11-39-12-19(27(30,31)32)35-24(39)17(34-18)10-13-3-2-4-16(29)9-13/h2-9,11-12H,10H2,1H3,(H3,33,36,37,38,40). The highest BCUT2D eigenvalue weighted by molar-refractivity contribution is 6.09. The topological polar surface area (TPSA) is 111 Å². The molecule has 0 spiro atoms. The molecule has 202 valence electrons. The summed E-state index contributed by atoms with van der Waals surface area (Å²) in [5.74, 6) is -1.50. The van der Waals surface area contributed by atoms with E-state index >= 15 is 0 Å². The highest BCUT2D eigenvalue weighted by Gasteiger charge is 2.47. The molecular formula is C27H18F5N7O. The first-order valence-corrected chi connectivity index (χ1v) is 11.9. The van der Waals surface area contributed by atoms with Crippen LogP contribution < -0.4 is 11.1 Å². The summed E-state index contributed by atoms with van der Waals surface area (Å²) in [7, 11) is 0. The van der Waals surface area contributed by atoms with E-state index in [1.54, 1.807) is 13.0 Å². The van der Waals surface area contributed by atoms with E-state index in [0.717, 1.165) is 10.6 Å². The first-order chi connectivity index (χ1) is 18.9. The second-order valence-corrected chi connectivity index (χ2v) is 9.48. The van der Waals surface area contributed by atoms with E-state index in [0.29, 0.717) is 11.1 Å². The highest BCUT2D eigenvalue weighted by atomic mass is 19.4. The van der Waals surface area contributed by atoms with Gasteiger partial charge in [-0.2, -0.15) is 13.2 Å². The quantitative estimate of drug-likeness (QED) is 0.307. The summed E-state index contributed by atoms with van der Waals surface area (Å²) in [6.45, 7) is 1.60. The minimum Gasteiger partial charge on any atom is -0.383 e. The molecule has 0 saturated carbocycles. The summed E-state index contributed by atoms with van der Waals surface area (Å²) in [4.78, 5) is 30.0. The highest BCUT2D eigenvalue weighted by Crippen LogP contribution is 2.45. The molecule has 40 heavy (non-hydrogen) atoms. The van der Waals surface area contributed by atoms with Crippen molar-refractivity contribution in [3.05, 3.63) is 101 Å². The van der Waals surface area contributed by atoms with Crippen molar-refractivity contribution in [3.8, 4) is 11.5 Å². The molecule has 1 atom stereocenters. The fraction of sp³-hybridized carbons (Fsp3) is 0.148. The molecule has 3 aromatic heterocycles. The summed E-state index contributed by atoms with van der Waals surface area (Å²) in [5.41, 5.74) is 5.13. The van der Waals surface area contributed by atoms with Crippen LogP contribution in [-0.4, -0.2) is 30.2 Å². The Labute approximate surface area is 222 Å². The van der Waals surface area contributed by atoms with E-state index in [-0.39, 0.29) is 46.5 Å². The van der Waals surface area contributed by atoms with Gasteiger partial charge in [0.2, 0.25) is 5.91 Å². The molecule has 0 fully saturated rings. The third kappa shape index (κ3) is 4.10. The molecule has 0 bridgehead atoms. The molecule has 1 aliphatic rings. The first-order valence-electron chi connectivity index (χ1n) is 11.9. The van der Waals surface area contributed by atoms with Gasteiger partial charge in [0.25, 0.3) is 0 Å². The number of nitrogens with one attached hydrogen (secondary N) is 1.